The largest absolute Gasteiger partial charge is 0.460 e. The molecule has 0 aromatic heterocycles. The molecule has 2 nitrogen and oxygen atoms in total. The van der Waals surface area contributed by atoms with Crippen molar-refractivity contribution in [2.24, 2.45) is 0 Å². The number of hydrogen-bond acceptors (Lipinski definition) is 2. The van der Waals surface area contributed by atoms with Crippen molar-refractivity contribution >= 4 is 33.2 Å². The molecule has 0 bridgehead atoms. The van der Waals surface area contributed by atoms with Gasteiger partial charge in [0.1, 0.15) is 0 Å². The van der Waals surface area contributed by atoms with Gasteiger partial charge in [0.25, 0.3) is 0 Å². The summed E-state index contributed by atoms with van der Waals surface area (Å²) in [7, 11) is 0. The van der Waals surface area contributed by atoms with Crippen molar-refractivity contribution in [1.29, 1.82) is 0 Å². The number of fused-ring (bicyclic) bond motifs is 3. The third-order valence-electron chi connectivity index (χ3n) is 4.14. The SMILES string of the molecule is Clc1ccc(C23CCCN2c2cccc(Br)c2O3)cc1. The third kappa shape index (κ3) is 1.63. The van der Waals surface area contributed by atoms with E-state index >= 15 is 0 Å². The average molecular weight is 351 g/mol. The molecule has 0 saturated carbocycles. The van der Waals surface area contributed by atoms with Crippen LogP contribution in [0.5, 0.6) is 5.75 Å². The minimum absolute atomic E-state index is 0.364. The number of rotatable bonds is 1. The third-order valence-corrected chi connectivity index (χ3v) is 5.01. The van der Waals surface area contributed by atoms with E-state index in [1.54, 1.807) is 0 Å². The van der Waals surface area contributed by atoms with Crippen LogP contribution in [-0.2, 0) is 5.72 Å². The Morgan fingerprint density at radius 1 is 1.15 bits per heavy atom. The van der Waals surface area contributed by atoms with Crippen LogP contribution in [0.2, 0.25) is 5.02 Å². The Bertz CT molecular complexity index is 673. The van der Waals surface area contributed by atoms with E-state index in [4.69, 9.17) is 16.3 Å². The molecule has 2 aliphatic rings. The smallest absolute Gasteiger partial charge is 0.209 e. The van der Waals surface area contributed by atoms with Crippen LogP contribution < -0.4 is 9.64 Å². The van der Waals surface area contributed by atoms with Crippen molar-refractivity contribution in [3.8, 4) is 5.75 Å². The van der Waals surface area contributed by atoms with Crippen LogP contribution in [0.3, 0.4) is 0 Å². The summed E-state index contributed by atoms with van der Waals surface area (Å²) in [6, 6.07) is 14.2. The molecule has 4 rings (SSSR count). The van der Waals surface area contributed by atoms with Gasteiger partial charge >= 0.3 is 0 Å². The van der Waals surface area contributed by atoms with Crippen LogP contribution in [0, 0.1) is 0 Å². The first kappa shape index (κ1) is 12.5. The number of nitrogens with zero attached hydrogens (tertiary/aromatic N) is 1. The van der Waals surface area contributed by atoms with E-state index in [9.17, 15) is 0 Å². The minimum atomic E-state index is -0.364. The Hall–Kier alpha value is -1.19. The maximum atomic E-state index is 6.41. The monoisotopic (exact) mass is 349 g/mol. The van der Waals surface area contributed by atoms with Gasteiger partial charge in [-0.25, -0.2) is 0 Å². The number of anilines is 1. The van der Waals surface area contributed by atoms with Gasteiger partial charge in [0.05, 0.1) is 10.2 Å². The summed E-state index contributed by atoms with van der Waals surface area (Å²) in [4.78, 5) is 2.37. The normalized spacial score (nSPS) is 23.4. The molecule has 4 heteroatoms. The predicted molar refractivity (Wildman–Crippen MR) is 84.5 cm³/mol. The molecule has 20 heavy (non-hydrogen) atoms. The molecule has 1 atom stereocenters. The zero-order valence-electron chi connectivity index (χ0n) is 10.8. The topological polar surface area (TPSA) is 12.5 Å². The van der Waals surface area contributed by atoms with Crippen LogP contribution in [0.25, 0.3) is 0 Å². The molecule has 1 saturated heterocycles. The molecule has 0 radical (unpaired) electrons. The quantitative estimate of drug-likeness (QED) is 0.721. The highest BCUT2D eigenvalue weighted by molar-refractivity contribution is 9.10. The molecule has 0 spiro atoms. The zero-order chi connectivity index (χ0) is 13.7. The molecular formula is C16H13BrClNO. The highest BCUT2D eigenvalue weighted by atomic mass is 79.9. The maximum Gasteiger partial charge on any atom is 0.209 e. The molecule has 2 aromatic carbocycles. The Morgan fingerprint density at radius 3 is 2.75 bits per heavy atom. The molecule has 2 heterocycles. The predicted octanol–water partition coefficient (Wildman–Crippen LogP) is 4.95. The van der Waals surface area contributed by atoms with Crippen molar-refractivity contribution < 1.29 is 4.74 Å². The molecule has 102 valence electrons. The Kier molecular flexibility index (Phi) is 2.76. The van der Waals surface area contributed by atoms with Gasteiger partial charge in [-0.3, -0.25) is 0 Å². The fraction of sp³-hybridized carbons (Fsp3) is 0.250. The summed E-state index contributed by atoms with van der Waals surface area (Å²) >= 11 is 9.60. The Labute approximate surface area is 131 Å². The molecule has 0 amide bonds. The second-order valence-electron chi connectivity index (χ2n) is 5.24. The van der Waals surface area contributed by atoms with E-state index < -0.39 is 0 Å². The van der Waals surface area contributed by atoms with Crippen LogP contribution >= 0.6 is 27.5 Å². The van der Waals surface area contributed by atoms with Crippen molar-refractivity contribution in [2.45, 2.75) is 18.6 Å². The van der Waals surface area contributed by atoms with E-state index in [-0.39, 0.29) is 5.72 Å². The molecule has 2 aliphatic heterocycles. The number of para-hydroxylation sites is 1. The van der Waals surface area contributed by atoms with Gasteiger partial charge in [0.2, 0.25) is 5.72 Å². The minimum Gasteiger partial charge on any atom is -0.460 e. The van der Waals surface area contributed by atoms with Crippen LogP contribution in [0.15, 0.2) is 46.9 Å². The van der Waals surface area contributed by atoms with E-state index in [0.29, 0.717) is 0 Å². The lowest BCUT2D eigenvalue weighted by Gasteiger charge is -2.32. The highest BCUT2D eigenvalue weighted by Crippen LogP contribution is 2.54. The number of ether oxygens (including phenoxy) is 1. The first-order valence-corrected chi connectivity index (χ1v) is 7.89. The van der Waals surface area contributed by atoms with Gasteiger partial charge in [-0.05, 0) is 46.6 Å². The van der Waals surface area contributed by atoms with Crippen LogP contribution in [0.1, 0.15) is 18.4 Å². The second kappa shape index (κ2) is 4.40. The fourth-order valence-electron chi connectivity index (χ4n) is 3.26. The summed E-state index contributed by atoms with van der Waals surface area (Å²) in [5, 5.41) is 0.756. The standard InChI is InChI=1S/C16H13BrClNO/c17-13-3-1-4-14-15(13)20-16(9-2-10-19(14)16)11-5-7-12(18)8-6-11/h1,3-8H,2,9-10H2. The van der Waals surface area contributed by atoms with Crippen LogP contribution in [0.4, 0.5) is 5.69 Å². The first-order chi connectivity index (χ1) is 9.71. The number of benzene rings is 2. The van der Waals surface area contributed by atoms with E-state index in [1.165, 1.54) is 11.3 Å². The second-order valence-corrected chi connectivity index (χ2v) is 6.53. The molecule has 1 fully saturated rings. The zero-order valence-corrected chi connectivity index (χ0v) is 13.1. The van der Waals surface area contributed by atoms with Crippen molar-refractivity contribution in [3.63, 3.8) is 0 Å². The van der Waals surface area contributed by atoms with Gasteiger partial charge in [-0.15, -0.1) is 0 Å². The van der Waals surface area contributed by atoms with Gasteiger partial charge in [0.15, 0.2) is 5.75 Å². The number of halogens is 2. The first-order valence-electron chi connectivity index (χ1n) is 6.72. The van der Waals surface area contributed by atoms with E-state index in [2.05, 4.69) is 45.1 Å². The van der Waals surface area contributed by atoms with Gasteiger partial charge in [-0.1, -0.05) is 29.8 Å². The lowest BCUT2D eigenvalue weighted by Crippen LogP contribution is -2.41. The maximum absolute atomic E-state index is 6.41. The van der Waals surface area contributed by atoms with Crippen LogP contribution in [-0.4, -0.2) is 6.54 Å². The molecule has 1 unspecified atom stereocenters. The van der Waals surface area contributed by atoms with Crippen molar-refractivity contribution in [3.05, 3.63) is 57.5 Å². The van der Waals surface area contributed by atoms with Gasteiger partial charge in [-0.2, -0.15) is 0 Å². The summed E-state index contributed by atoms with van der Waals surface area (Å²) in [5.41, 5.74) is 1.98. The van der Waals surface area contributed by atoms with Crippen molar-refractivity contribution in [2.75, 3.05) is 11.4 Å². The lowest BCUT2D eigenvalue weighted by molar-refractivity contribution is 0.0997. The number of hydrogen-bond donors (Lipinski definition) is 0. The summed E-state index contributed by atoms with van der Waals surface area (Å²) < 4.78 is 7.42. The lowest BCUT2D eigenvalue weighted by atomic mass is 10.0. The molecule has 0 N–H and O–H groups in total. The van der Waals surface area contributed by atoms with Gasteiger partial charge in [0, 0.05) is 23.6 Å². The summed E-state index contributed by atoms with van der Waals surface area (Å²) in [5.74, 6) is 0.946. The summed E-state index contributed by atoms with van der Waals surface area (Å²) in [6.45, 7) is 1.02. The average Bonchev–Trinajstić information content (AvgIpc) is 2.98. The Balaban J connectivity index is 1.87. The van der Waals surface area contributed by atoms with Crippen molar-refractivity contribution in [1.82, 2.24) is 0 Å². The van der Waals surface area contributed by atoms with E-state index in [1.807, 2.05) is 18.2 Å². The fourth-order valence-corrected chi connectivity index (χ4v) is 3.83. The molecule has 2 aromatic rings. The van der Waals surface area contributed by atoms with Gasteiger partial charge < -0.3 is 9.64 Å². The highest BCUT2D eigenvalue weighted by Gasteiger charge is 2.51. The summed E-state index contributed by atoms with van der Waals surface area (Å²) in [6.07, 6.45) is 2.13. The van der Waals surface area contributed by atoms with E-state index in [0.717, 1.165) is 34.6 Å². The Morgan fingerprint density at radius 2 is 1.95 bits per heavy atom. The molecular weight excluding hydrogens is 338 g/mol. The molecule has 0 aliphatic carbocycles.